The van der Waals surface area contributed by atoms with Crippen molar-refractivity contribution in [2.75, 3.05) is 0 Å². The zero-order chi connectivity index (χ0) is 34.9. The van der Waals surface area contributed by atoms with E-state index in [0.29, 0.717) is 15.5 Å². The predicted octanol–water partition coefficient (Wildman–Crippen LogP) is 6.60. The van der Waals surface area contributed by atoms with E-state index in [0.717, 1.165) is 0 Å². The van der Waals surface area contributed by atoms with E-state index in [9.17, 15) is 0 Å². The molecular weight excluding hydrogens is 727 g/mol. The number of allylic oxidation sites excluding steroid dienone is 16. The molecule has 10 atom stereocenters. The van der Waals surface area contributed by atoms with E-state index in [1.807, 2.05) is 0 Å². The van der Waals surface area contributed by atoms with Gasteiger partial charge in [0.25, 0.3) is 0 Å². The van der Waals surface area contributed by atoms with Crippen LogP contribution in [0.5, 0.6) is 0 Å². The standard InChI is InChI=1S/C29H37.C10H15.C8H8.2ClH.Zr/c1-21-14-13-15-22-20-27(6)25(4)18-10-9-16-23(25,2)24(3)17-11-12-19-26(24,5)29(27,8)28(21,22)7;1-8-5-6-9(7-8)10(2,3)4;1-2-8-6-4-3-5-7-8;;;/h9-20,22H,1-8H3;6-8H,1-4H3;3-7H,1H3;2*1H;/q;;;;;+2/p-2. The summed E-state index contributed by atoms with van der Waals surface area (Å²) in [6.07, 6.45) is 33.2. The first-order valence-corrected chi connectivity index (χ1v) is 22.5. The molecule has 7 rings (SSSR count). The van der Waals surface area contributed by atoms with Gasteiger partial charge < -0.3 is 24.8 Å². The number of hydrogen-bond donors (Lipinski definition) is 0. The second-order valence-electron chi connectivity index (χ2n) is 18.7. The minimum absolute atomic E-state index is 0. The van der Waals surface area contributed by atoms with Crippen LogP contribution >= 0.6 is 0 Å². The molecule has 0 aliphatic heterocycles. The molecule has 0 radical (unpaired) electrons. The van der Waals surface area contributed by atoms with Gasteiger partial charge >= 0.3 is 303 Å². The van der Waals surface area contributed by atoms with Crippen molar-refractivity contribution in [2.45, 2.75) is 93.6 Å². The van der Waals surface area contributed by atoms with Gasteiger partial charge in [-0.15, -0.1) is 0 Å². The Morgan fingerprint density at radius 2 is 1.24 bits per heavy atom. The first kappa shape index (κ1) is 39.7. The number of rotatable bonds is 3. The largest absolute Gasteiger partial charge is 1.00 e. The van der Waals surface area contributed by atoms with Crippen LogP contribution in [-0.4, -0.2) is 3.21 Å². The van der Waals surface area contributed by atoms with Crippen LogP contribution in [0.15, 0.2) is 124 Å². The van der Waals surface area contributed by atoms with Crippen molar-refractivity contribution in [3.63, 3.8) is 0 Å². The quantitative estimate of drug-likeness (QED) is 0.324. The Labute approximate surface area is 325 Å². The van der Waals surface area contributed by atoms with Gasteiger partial charge in [0.2, 0.25) is 0 Å². The second-order valence-corrected chi connectivity index (χ2v) is 25.5. The third-order valence-corrected chi connectivity index (χ3v) is 26.4. The van der Waals surface area contributed by atoms with Crippen LogP contribution in [0.3, 0.4) is 0 Å². The molecule has 6 aliphatic carbocycles. The van der Waals surface area contributed by atoms with Crippen molar-refractivity contribution < 1.29 is 46.1 Å². The zero-order valence-electron chi connectivity index (χ0n) is 32.9. The molecule has 6 aliphatic rings. The first-order valence-electron chi connectivity index (χ1n) is 18.6. The number of fused-ring (bicyclic) bond motifs is 8. The molecule has 0 nitrogen and oxygen atoms in total. The van der Waals surface area contributed by atoms with Crippen LogP contribution in [0.2, 0.25) is 3.63 Å². The summed E-state index contributed by atoms with van der Waals surface area (Å²) in [5.74, 6) is 0.928. The maximum atomic E-state index is 2.82. The summed E-state index contributed by atoms with van der Waals surface area (Å²) in [6, 6.07) is 11.5. The number of benzene rings is 1. The van der Waals surface area contributed by atoms with Crippen molar-refractivity contribution in [2.24, 2.45) is 55.2 Å². The topological polar surface area (TPSA) is 0 Å². The fourth-order valence-electron chi connectivity index (χ4n) is 13.2. The van der Waals surface area contributed by atoms with Gasteiger partial charge in [0.05, 0.1) is 0 Å². The Morgan fingerprint density at radius 3 is 1.78 bits per heavy atom. The molecule has 0 heterocycles. The second kappa shape index (κ2) is 12.3. The Kier molecular flexibility index (Phi) is 9.72. The van der Waals surface area contributed by atoms with E-state index in [2.05, 4.69) is 199 Å². The van der Waals surface area contributed by atoms with Crippen LogP contribution in [0, 0.1) is 55.2 Å². The molecule has 1 aromatic carbocycles. The molecule has 266 valence electrons. The Morgan fingerprint density at radius 1 is 0.720 bits per heavy atom. The van der Waals surface area contributed by atoms with Crippen LogP contribution in [0.1, 0.15) is 95.6 Å². The molecule has 2 fully saturated rings. The van der Waals surface area contributed by atoms with E-state index in [4.69, 9.17) is 0 Å². The molecular formula is C47H60Cl2Zr. The van der Waals surface area contributed by atoms with Crippen molar-refractivity contribution in [1.82, 2.24) is 0 Å². The van der Waals surface area contributed by atoms with E-state index >= 15 is 0 Å². The summed E-state index contributed by atoms with van der Waals surface area (Å²) in [5, 5.41) is 0. The van der Waals surface area contributed by atoms with E-state index in [1.54, 1.807) is 12.1 Å². The maximum absolute atomic E-state index is 2.82. The van der Waals surface area contributed by atoms with Crippen LogP contribution < -0.4 is 24.8 Å². The molecule has 0 aromatic heterocycles. The van der Waals surface area contributed by atoms with Crippen molar-refractivity contribution in [3.05, 3.63) is 129 Å². The molecule has 2 saturated carbocycles. The van der Waals surface area contributed by atoms with E-state index in [-0.39, 0.29) is 68.1 Å². The molecule has 50 heavy (non-hydrogen) atoms. The van der Waals surface area contributed by atoms with Crippen LogP contribution in [-0.2, 0) is 21.3 Å². The van der Waals surface area contributed by atoms with Crippen LogP contribution in [0.25, 0.3) is 0 Å². The van der Waals surface area contributed by atoms with Crippen molar-refractivity contribution >= 4 is 3.21 Å². The predicted molar refractivity (Wildman–Crippen MR) is 204 cm³/mol. The minimum Gasteiger partial charge on any atom is -1.00 e. The fraction of sp³-hybridized carbons (Fsp3) is 0.511. The van der Waals surface area contributed by atoms with Gasteiger partial charge in [0.1, 0.15) is 0 Å². The van der Waals surface area contributed by atoms with Gasteiger partial charge in [-0.2, -0.15) is 0 Å². The monoisotopic (exact) mass is 784 g/mol. The summed E-state index contributed by atoms with van der Waals surface area (Å²) in [6.45, 7) is 33.7. The average molecular weight is 787 g/mol. The molecule has 0 N–H and O–H groups in total. The first-order chi connectivity index (χ1) is 22.3. The van der Waals surface area contributed by atoms with Gasteiger partial charge in [-0.3, -0.25) is 0 Å². The molecule has 0 saturated heterocycles. The normalized spacial score (nSPS) is 43.7. The fourth-order valence-corrected chi connectivity index (χ4v) is 24.5. The third-order valence-electron chi connectivity index (χ3n) is 16.8. The smallest absolute Gasteiger partial charge is 1.00 e. The summed E-state index contributed by atoms with van der Waals surface area (Å²) in [7, 11) is 0. The van der Waals surface area contributed by atoms with Crippen molar-refractivity contribution in [1.29, 1.82) is 0 Å². The van der Waals surface area contributed by atoms with Crippen LogP contribution in [0.4, 0.5) is 0 Å². The summed E-state index contributed by atoms with van der Waals surface area (Å²) < 4.78 is 4.08. The van der Waals surface area contributed by atoms with Gasteiger partial charge in [0.15, 0.2) is 0 Å². The zero-order valence-corrected chi connectivity index (χ0v) is 36.9. The molecule has 0 spiro atoms. The summed E-state index contributed by atoms with van der Waals surface area (Å²) in [5.41, 5.74) is 4.28. The van der Waals surface area contributed by atoms with Gasteiger partial charge in [-0.05, 0) is 0 Å². The molecule has 0 amide bonds. The average Bonchev–Trinajstić information content (AvgIpc) is 3.51. The SMILES string of the molecule is CC1=CC=CC2[CH](/[Zr+2]([C]3=CC(C(C)(C)C)=CC3C)=[C](/C)c3ccccc3)C3(C)C4(C)C=CC=CC4(C)C4(C)C=CC=CC4(C)C3(C)C12C.[Cl-].[Cl-]. The summed E-state index contributed by atoms with van der Waals surface area (Å²) in [4.78, 5) is 0. The van der Waals surface area contributed by atoms with Crippen molar-refractivity contribution in [3.8, 4) is 0 Å². The van der Waals surface area contributed by atoms with Gasteiger partial charge in [-0.25, -0.2) is 0 Å². The maximum Gasteiger partial charge on any atom is -1.00 e. The molecule has 0 bridgehead atoms. The van der Waals surface area contributed by atoms with E-state index in [1.165, 1.54) is 11.1 Å². The van der Waals surface area contributed by atoms with Gasteiger partial charge in [0, 0.05) is 0 Å². The van der Waals surface area contributed by atoms with E-state index < -0.39 is 21.3 Å². The summed E-state index contributed by atoms with van der Waals surface area (Å²) >= 11 is -2.80. The minimum atomic E-state index is -2.80. The number of halogens is 2. The Bertz CT molecular complexity index is 1860. The molecule has 3 heteroatoms. The Balaban J connectivity index is 0.00000243. The number of hydrogen-bond acceptors (Lipinski definition) is 0. The third kappa shape index (κ3) is 4.30. The molecule has 1 aromatic rings. The Hall–Kier alpha value is -1.53. The molecule has 10 unspecified atom stereocenters. The van der Waals surface area contributed by atoms with Gasteiger partial charge in [-0.1, -0.05) is 0 Å².